The first kappa shape index (κ1) is 19.4. The number of rotatable bonds is 7. The van der Waals surface area contributed by atoms with Crippen LogP contribution in [0.3, 0.4) is 0 Å². The van der Waals surface area contributed by atoms with Gasteiger partial charge in [0.25, 0.3) is 5.91 Å². The first-order valence-corrected chi connectivity index (χ1v) is 8.61. The Hall–Kier alpha value is -2.89. The van der Waals surface area contributed by atoms with Gasteiger partial charge in [-0.1, -0.05) is 20.4 Å². The maximum Gasteiger partial charge on any atom is 0.251 e. The van der Waals surface area contributed by atoms with E-state index in [4.69, 9.17) is 0 Å². The minimum Gasteiger partial charge on any atom is -0.351 e. The van der Waals surface area contributed by atoms with Crippen molar-refractivity contribution in [3.8, 4) is 0 Å². The van der Waals surface area contributed by atoms with Crippen molar-refractivity contribution in [3.63, 3.8) is 0 Å². The van der Waals surface area contributed by atoms with Crippen LogP contribution in [0.15, 0.2) is 49.2 Å². The lowest BCUT2D eigenvalue weighted by molar-refractivity contribution is -0.113. The van der Waals surface area contributed by atoms with E-state index in [1.54, 1.807) is 37.5 Å². The number of aryl methyl sites for hydroxylation is 1. The van der Waals surface area contributed by atoms with Crippen LogP contribution >= 0.6 is 0 Å². The number of hydrogen-bond acceptors (Lipinski definition) is 3. The van der Waals surface area contributed by atoms with Gasteiger partial charge < -0.3 is 10.2 Å². The Morgan fingerprint density at radius 2 is 1.92 bits per heavy atom. The molecular weight excluding hydrogens is 328 g/mol. The summed E-state index contributed by atoms with van der Waals surface area (Å²) < 4.78 is 1.85. The van der Waals surface area contributed by atoms with E-state index in [0.29, 0.717) is 23.7 Å². The average molecular weight is 354 g/mol. The molecule has 0 aliphatic rings. The second kappa shape index (κ2) is 8.47. The first-order chi connectivity index (χ1) is 12.3. The highest BCUT2D eigenvalue weighted by Crippen LogP contribution is 2.23. The molecule has 2 rings (SSSR count). The lowest BCUT2D eigenvalue weighted by Crippen LogP contribution is -2.31. The second-order valence-electron chi connectivity index (χ2n) is 6.59. The highest BCUT2D eigenvalue weighted by atomic mass is 16.2. The standard InChI is InChI=1S/C20H26N4O2/c1-6-19(25)23(4)16-9-7-15(8-10-16)20(26)21-13-17(14(2)3)18-11-12-22-24(18)5/h6-12,14,17H,1,13H2,2-5H3,(H,21,26). The van der Waals surface area contributed by atoms with Gasteiger partial charge >= 0.3 is 0 Å². The molecule has 6 nitrogen and oxygen atoms in total. The predicted octanol–water partition coefficient (Wildman–Crippen LogP) is 2.74. The van der Waals surface area contributed by atoms with Crippen LogP contribution in [0.2, 0.25) is 0 Å². The molecule has 6 heteroatoms. The van der Waals surface area contributed by atoms with Gasteiger partial charge in [-0.15, -0.1) is 0 Å². The van der Waals surface area contributed by atoms with E-state index in [0.717, 1.165) is 5.69 Å². The van der Waals surface area contributed by atoms with Gasteiger partial charge in [-0.2, -0.15) is 5.10 Å². The number of benzene rings is 1. The maximum atomic E-state index is 12.5. The third kappa shape index (κ3) is 4.39. The molecule has 1 unspecified atom stereocenters. The number of aromatic nitrogens is 2. The zero-order valence-electron chi connectivity index (χ0n) is 15.8. The van der Waals surface area contributed by atoms with E-state index in [1.807, 2.05) is 17.8 Å². The van der Waals surface area contributed by atoms with Crippen molar-refractivity contribution in [2.24, 2.45) is 13.0 Å². The molecule has 1 atom stereocenters. The van der Waals surface area contributed by atoms with Gasteiger partial charge in [-0.05, 0) is 42.3 Å². The zero-order chi connectivity index (χ0) is 19.3. The van der Waals surface area contributed by atoms with Crippen molar-refractivity contribution in [1.82, 2.24) is 15.1 Å². The molecule has 0 saturated heterocycles. The summed E-state index contributed by atoms with van der Waals surface area (Å²) in [5.41, 5.74) is 2.36. The molecule has 1 aromatic carbocycles. The normalized spacial score (nSPS) is 11.9. The molecule has 1 heterocycles. The molecule has 0 aliphatic carbocycles. The van der Waals surface area contributed by atoms with Crippen molar-refractivity contribution in [3.05, 3.63) is 60.4 Å². The van der Waals surface area contributed by atoms with Crippen LogP contribution in [0.1, 0.15) is 35.8 Å². The summed E-state index contributed by atoms with van der Waals surface area (Å²) in [4.78, 5) is 25.6. The van der Waals surface area contributed by atoms with Gasteiger partial charge in [0.05, 0.1) is 0 Å². The average Bonchev–Trinajstić information content (AvgIpc) is 3.06. The molecular formula is C20H26N4O2. The fraction of sp³-hybridized carbons (Fsp3) is 0.350. The molecule has 0 saturated carbocycles. The van der Waals surface area contributed by atoms with Crippen LogP contribution in [0.25, 0.3) is 0 Å². The maximum absolute atomic E-state index is 12.5. The SMILES string of the molecule is C=CC(=O)N(C)c1ccc(C(=O)NCC(c2ccnn2C)C(C)C)cc1. The number of nitrogens with one attached hydrogen (secondary N) is 1. The summed E-state index contributed by atoms with van der Waals surface area (Å²) in [6.45, 7) is 8.27. The highest BCUT2D eigenvalue weighted by Gasteiger charge is 2.20. The van der Waals surface area contributed by atoms with Gasteiger partial charge in [-0.25, -0.2) is 0 Å². The lowest BCUT2D eigenvalue weighted by Gasteiger charge is -2.22. The van der Waals surface area contributed by atoms with Gasteiger partial charge in [0.1, 0.15) is 0 Å². The molecule has 1 aromatic heterocycles. The number of anilines is 1. The van der Waals surface area contributed by atoms with E-state index < -0.39 is 0 Å². The van der Waals surface area contributed by atoms with Crippen LogP contribution < -0.4 is 10.2 Å². The van der Waals surface area contributed by atoms with Crippen molar-refractivity contribution >= 4 is 17.5 Å². The zero-order valence-corrected chi connectivity index (χ0v) is 15.8. The topological polar surface area (TPSA) is 67.2 Å². The van der Waals surface area contributed by atoms with Gasteiger partial charge in [0.2, 0.25) is 5.91 Å². The smallest absolute Gasteiger partial charge is 0.251 e. The highest BCUT2D eigenvalue weighted by molar-refractivity contribution is 6.01. The van der Waals surface area contributed by atoms with Crippen molar-refractivity contribution in [2.75, 3.05) is 18.5 Å². The fourth-order valence-electron chi connectivity index (χ4n) is 2.83. The molecule has 0 aliphatic heterocycles. The predicted molar refractivity (Wildman–Crippen MR) is 103 cm³/mol. The third-order valence-electron chi connectivity index (χ3n) is 4.55. The Bertz CT molecular complexity index is 777. The minimum absolute atomic E-state index is 0.137. The molecule has 26 heavy (non-hydrogen) atoms. The van der Waals surface area contributed by atoms with Crippen LogP contribution in [0, 0.1) is 5.92 Å². The summed E-state index contributed by atoms with van der Waals surface area (Å²) >= 11 is 0. The van der Waals surface area contributed by atoms with Crippen LogP contribution in [-0.2, 0) is 11.8 Å². The van der Waals surface area contributed by atoms with E-state index in [2.05, 4.69) is 30.8 Å². The number of carbonyl (C=O) groups excluding carboxylic acids is 2. The summed E-state index contributed by atoms with van der Waals surface area (Å²) in [6, 6.07) is 8.91. The summed E-state index contributed by atoms with van der Waals surface area (Å²) in [5.74, 6) is 0.217. The van der Waals surface area contributed by atoms with Crippen LogP contribution in [0.5, 0.6) is 0 Å². The number of nitrogens with zero attached hydrogens (tertiary/aromatic N) is 3. The van der Waals surface area contributed by atoms with E-state index in [9.17, 15) is 9.59 Å². The molecule has 138 valence electrons. The van der Waals surface area contributed by atoms with Gasteiger partial charge in [0, 0.05) is 49.7 Å². The number of carbonyl (C=O) groups is 2. The van der Waals surface area contributed by atoms with Crippen molar-refractivity contribution in [2.45, 2.75) is 19.8 Å². The number of hydrogen-bond donors (Lipinski definition) is 1. The Labute approximate surface area is 154 Å². The number of likely N-dealkylation sites (N-methyl/N-ethyl adjacent to an activating group) is 1. The van der Waals surface area contributed by atoms with E-state index in [-0.39, 0.29) is 17.7 Å². The first-order valence-electron chi connectivity index (χ1n) is 8.61. The summed E-state index contributed by atoms with van der Waals surface area (Å²) in [6.07, 6.45) is 3.03. The van der Waals surface area contributed by atoms with Crippen LogP contribution in [0.4, 0.5) is 5.69 Å². The second-order valence-corrected chi connectivity index (χ2v) is 6.59. The Kier molecular flexibility index (Phi) is 6.33. The van der Waals surface area contributed by atoms with Gasteiger partial charge in [-0.3, -0.25) is 14.3 Å². The molecule has 2 aromatic rings. The van der Waals surface area contributed by atoms with Crippen molar-refractivity contribution in [1.29, 1.82) is 0 Å². The minimum atomic E-state index is -0.196. The fourth-order valence-corrected chi connectivity index (χ4v) is 2.83. The third-order valence-corrected chi connectivity index (χ3v) is 4.55. The van der Waals surface area contributed by atoms with E-state index >= 15 is 0 Å². The monoisotopic (exact) mass is 354 g/mol. The largest absolute Gasteiger partial charge is 0.351 e. The van der Waals surface area contributed by atoms with E-state index in [1.165, 1.54) is 11.0 Å². The Morgan fingerprint density at radius 3 is 2.42 bits per heavy atom. The lowest BCUT2D eigenvalue weighted by atomic mass is 9.92. The molecule has 0 bridgehead atoms. The van der Waals surface area contributed by atoms with Crippen molar-refractivity contribution < 1.29 is 9.59 Å². The summed E-state index contributed by atoms with van der Waals surface area (Å²) in [5, 5.41) is 7.22. The Balaban J connectivity index is 2.04. The van der Waals surface area contributed by atoms with Crippen LogP contribution in [-0.4, -0.2) is 35.2 Å². The van der Waals surface area contributed by atoms with Gasteiger partial charge in [0.15, 0.2) is 0 Å². The summed E-state index contributed by atoms with van der Waals surface area (Å²) in [7, 11) is 3.58. The molecule has 2 amide bonds. The number of amides is 2. The Morgan fingerprint density at radius 1 is 1.27 bits per heavy atom. The molecule has 1 N–H and O–H groups in total. The molecule has 0 fully saturated rings. The quantitative estimate of drug-likeness (QED) is 0.778. The molecule has 0 spiro atoms. The molecule has 0 radical (unpaired) electrons.